The lowest BCUT2D eigenvalue weighted by molar-refractivity contribution is 0.161. The van der Waals surface area contributed by atoms with Gasteiger partial charge in [-0.3, -0.25) is 4.90 Å². The molecule has 2 N–H and O–H groups in total. The molecule has 2 heteroatoms. The van der Waals surface area contributed by atoms with Crippen molar-refractivity contribution in [2.24, 2.45) is 5.73 Å². The van der Waals surface area contributed by atoms with Gasteiger partial charge in [0, 0.05) is 25.2 Å². The molecule has 0 fully saturated rings. The fourth-order valence-electron chi connectivity index (χ4n) is 4.87. The van der Waals surface area contributed by atoms with E-state index in [1.807, 2.05) is 12.2 Å². The Kier molecular flexibility index (Phi) is 15.0. The van der Waals surface area contributed by atoms with Gasteiger partial charge in [-0.15, -0.1) is 6.58 Å². The summed E-state index contributed by atoms with van der Waals surface area (Å²) < 4.78 is 0. The molecular formula is C35H48N2. The molecule has 0 bridgehead atoms. The first-order valence-electron chi connectivity index (χ1n) is 13.9. The van der Waals surface area contributed by atoms with Crippen LogP contribution in [0.15, 0.2) is 121 Å². The van der Waals surface area contributed by atoms with E-state index in [0.29, 0.717) is 6.04 Å². The molecule has 0 aromatic heterocycles. The van der Waals surface area contributed by atoms with E-state index in [2.05, 4.69) is 117 Å². The maximum absolute atomic E-state index is 6.70. The van der Waals surface area contributed by atoms with Crippen molar-refractivity contribution in [3.63, 3.8) is 0 Å². The molecular weight excluding hydrogens is 448 g/mol. The third kappa shape index (κ3) is 12.2. The van der Waals surface area contributed by atoms with Gasteiger partial charge in [0.25, 0.3) is 0 Å². The highest BCUT2D eigenvalue weighted by atomic mass is 15.2. The second kappa shape index (κ2) is 18.3. The Labute approximate surface area is 227 Å². The summed E-state index contributed by atoms with van der Waals surface area (Å²) in [5.74, 6) is 0. The molecule has 0 radical (unpaired) electrons. The van der Waals surface area contributed by atoms with Gasteiger partial charge in [-0.2, -0.15) is 0 Å². The molecule has 0 aliphatic rings. The van der Waals surface area contributed by atoms with Crippen LogP contribution in [0.5, 0.6) is 0 Å². The van der Waals surface area contributed by atoms with E-state index in [0.717, 1.165) is 58.0 Å². The summed E-state index contributed by atoms with van der Waals surface area (Å²) in [6.07, 6.45) is 19.9. The van der Waals surface area contributed by atoms with Crippen molar-refractivity contribution in [1.29, 1.82) is 0 Å². The molecule has 2 atom stereocenters. The van der Waals surface area contributed by atoms with Gasteiger partial charge in [-0.25, -0.2) is 0 Å². The van der Waals surface area contributed by atoms with Gasteiger partial charge in [0.05, 0.1) is 0 Å². The van der Waals surface area contributed by atoms with E-state index in [9.17, 15) is 0 Å². The molecule has 2 unspecified atom stereocenters. The lowest BCUT2D eigenvalue weighted by Gasteiger charge is -2.34. The monoisotopic (exact) mass is 496 g/mol. The first-order chi connectivity index (χ1) is 18.1. The molecule has 0 amide bonds. The predicted molar refractivity (Wildman–Crippen MR) is 163 cm³/mol. The van der Waals surface area contributed by atoms with Crippen LogP contribution in [0.25, 0.3) is 0 Å². The third-order valence-corrected chi connectivity index (χ3v) is 6.87. The fourth-order valence-corrected chi connectivity index (χ4v) is 4.87. The zero-order valence-electron chi connectivity index (χ0n) is 23.2. The number of nitrogens with two attached hydrogens (primary N) is 1. The number of rotatable bonds is 18. The van der Waals surface area contributed by atoms with E-state index < -0.39 is 0 Å². The molecule has 0 aliphatic heterocycles. The highest BCUT2D eigenvalue weighted by molar-refractivity contribution is 5.23. The van der Waals surface area contributed by atoms with Crippen LogP contribution in [0, 0.1) is 0 Å². The van der Waals surface area contributed by atoms with Crippen molar-refractivity contribution in [2.45, 2.75) is 84.0 Å². The molecule has 2 aromatic carbocycles. The van der Waals surface area contributed by atoms with Crippen LogP contribution in [0.3, 0.4) is 0 Å². The predicted octanol–water partition coefficient (Wildman–Crippen LogP) is 8.94. The molecule has 0 heterocycles. The SMILES string of the molecule is C=C/C=C(\C=C/C)CC(N)CCC(C/C(=C/C)CCCC=C)N(Cc1ccccc1)Cc1ccccc1. The van der Waals surface area contributed by atoms with Crippen molar-refractivity contribution >= 4 is 0 Å². The number of nitrogens with zero attached hydrogens (tertiary/aromatic N) is 1. The van der Waals surface area contributed by atoms with Gasteiger partial charge in [-0.1, -0.05) is 109 Å². The second-order valence-corrected chi connectivity index (χ2v) is 9.88. The summed E-state index contributed by atoms with van der Waals surface area (Å²) in [4.78, 5) is 2.67. The van der Waals surface area contributed by atoms with E-state index in [1.54, 1.807) is 0 Å². The molecule has 37 heavy (non-hydrogen) atoms. The molecule has 0 spiro atoms. The van der Waals surface area contributed by atoms with Crippen LogP contribution >= 0.6 is 0 Å². The molecule has 0 aliphatic carbocycles. The van der Waals surface area contributed by atoms with E-state index >= 15 is 0 Å². The Balaban J connectivity index is 2.27. The zero-order chi connectivity index (χ0) is 26.7. The van der Waals surface area contributed by atoms with Crippen LogP contribution in [0.1, 0.15) is 69.9 Å². The largest absolute Gasteiger partial charge is 0.327 e. The van der Waals surface area contributed by atoms with Crippen molar-refractivity contribution in [3.8, 4) is 0 Å². The average Bonchev–Trinajstić information content (AvgIpc) is 2.91. The first kappa shape index (κ1) is 30.3. The third-order valence-electron chi connectivity index (χ3n) is 6.87. The summed E-state index contributed by atoms with van der Waals surface area (Å²) >= 11 is 0. The minimum absolute atomic E-state index is 0.120. The summed E-state index contributed by atoms with van der Waals surface area (Å²) in [7, 11) is 0. The molecule has 0 saturated carbocycles. The number of hydrogen-bond acceptors (Lipinski definition) is 2. The maximum Gasteiger partial charge on any atom is 0.0240 e. The first-order valence-corrected chi connectivity index (χ1v) is 13.9. The van der Waals surface area contributed by atoms with Crippen LogP contribution < -0.4 is 5.73 Å². The average molecular weight is 497 g/mol. The zero-order valence-corrected chi connectivity index (χ0v) is 23.2. The quantitative estimate of drug-likeness (QED) is 0.127. The molecule has 2 nitrogen and oxygen atoms in total. The minimum atomic E-state index is 0.120. The van der Waals surface area contributed by atoms with Crippen LogP contribution in [0.4, 0.5) is 0 Å². The smallest absolute Gasteiger partial charge is 0.0240 e. The minimum Gasteiger partial charge on any atom is -0.327 e. The molecule has 2 rings (SSSR count). The van der Waals surface area contributed by atoms with Gasteiger partial charge >= 0.3 is 0 Å². The number of benzene rings is 2. The Bertz CT molecular complexity index is 943. The molecule has 0 saturated heterocycles. The summed E-state index contributed by atoms with van der Waals surface area (Å²) in [5.41, 5.74) is 12.2. The van der Waals surface area contributed by atoms with Crippen LogP contribution in [0.2, 0.25) is 0 Å². The summed E-state index contributed by atoms with van der Waals surface area (Å²) in [6.45, 7) is 13.9. The van der Waals surface area contributed by atoms with Gasteiger partial charge in [0.2, 0.25) is 0 Å². The highest BCUT2D eigenvalue weighted by Crippen LogP contribution is 2.25. The number of hydrogen-bond donors (Lipinski definition) is 1. The second-order valence-electron chi connectivity index (χ2n) is 9.88. The van der Waals surface area contributed by atoms with Crippen LogP contribution in [-0.2, 0) is 13.1 Å². The summed E-state index contributed by atoms with van der Waals surface area (Å²) in [5, 5.41) is 0. The molecule has 2 aromatic rings. The van der Waals surface area contributed by atoms with Gasteiger partial charge in [-0.05, 0) is 75.5 Å². The van der Waals surface area contributed by atoms with Crippen LogP contribution in [-0.4, -0.2) is 17.0 Å². The topological polar surface area (TPSA) is 29.3 Å². The van der Waals surface area contributed by atoms with Crippen molar-refractivity contribution in [1.82, 2.24) is 4.90 Å². The van der Waals surface area contributed by atoms with E-state index in [-0.39, 0.29) is 6.04 Å². The normalized spacial score (nSPS) is 14.2. The lowest BCUT2D eigenvalue weighted by Crippen LogP contribution is -2.36. The Morgan fingerprint density at radius 3 is 2.03 bits per heavy atom. The van der Waals surface area contributed by atoms with Crippen molar-refractivity contribution in [3.05, 3.63) is 133 Å². The van der Waals surface area contributed by atoms with E-state index in [4.69, 9.17) is 5.73 Å². The van der Waals surface area contributed by atoms with Crippen molar-refractivity contribution < 1.29 is 0 Å². The van der Waals surface area contributed by atoms with Gasteiger partial charge in [0.1, 0.15) is 0 Å². The van der Waals surface area contributed by atoms with Gasteiger partial charge in [0.15, 0.2) is 0 Å². The Morgan fingerprint density at radius 2 is 1.51 bits per heavy atom. The van der Waals surface area contributed by atoms with Gasteiger partial charge < -0.3 is 5.73 Å². The lowest BCUT2D eigenvalue weighted by atomic mass is 9.92. The number of unbranched alkanes of at least 4 members (excludes halogenated alkanes) is 1. The van der Waals surface area contributed by atoms with Crippen molar-refractivity contribution in [2.75, 3.05) is 0 Å². The Morgan fingerprint density at radius 1 is 0.892 bits per heavy atom. The Hall–Kier alpha value is -2.94. The number of allylic oxidation sites excluding steroid dienone is 6. The molecule has 198 valence electrons. The van der Waals surface area contributed by atoms with E-state index in [1.165, 1.54) is 22.3 Å². The maximum atomic E-state index is 6.70. The summed E-state index contributed by atoms with van der Waals surface area (Å²) in [6, 6.07) is 22.3. The standard InChI is InChI=1S/C35H48N2/c1-5-9-12-19-30(8-4)27-35(25-24-34(36)26-31(17-6-2)18-7-3)37(28-32-20-13-10-14-21-32)29-33-22-15-11-16-23-33/h5-8,10-11,13-18,20-23,34-35H,1-2,9,12,19,24-29,36H2,3-4H3/b18-7-,30-8+,31-17+. The highest BCUT2D eigenvalue weighted by Gasteiger charge is 2.22. The fraction of sp³-hybridized carbons (Fsp3) is 0.371.